The molecule has 1 amide bonds. The van der Waals surface area contributed by atoms with Crippen LogP contribution in [0, 0.1) is 0 Å². The minimum absolute atomic E-state index is 0.0456. The number of anilines is 2. The Morgan fingerprint density at radius 1 is 1.00 bits per heavy atom. The first-order valence-electron chi connectivity index (χ1n) is 9.63. The van der Waals surface area contributed by atoms with Crippen LogP contribution in [0.5, 0.6) is 0 Å². The number of hydrogen-bond donors (Lipinski definition) is 1. The van der Waals surface area contributed by atoms with Crippen molar-refractivity contribution in [3.8, 4) is 0 Å². The first-order chi connectivity index (χ1) is 13.9. The van der Waals surface area contributed by atoms with Gasteiger partial charge in [0, 0.05) is 23.8 Å². The Labute approximate surface area is 171 Å². The summed E-state index contributed by atoms with van der Waals surface area (Å²) in [6.45, 7) is 6.53. The van der Waals surface area contributed by atoms with Crippen LogP contribution >= 0.6 is 0 Å². The van der Waals surface area contributed by atoms with Crippen molar-refractivity contribution in [2.75, 3.05) is 10.2 Å². The molecule has 0 unspecified atom stereocenters. The average molecular weight is 387 g/mol. The molecule has 0 atom stereocenters. The fourth-order valence-electron chi connectivity index (χ4n) is 3.05. The maximum absolute atomic E-state index is 12.5. The molecule has 2 aromatic carbocycles. The lowest BCUT2D eigenvalue weighted by atomic mass is 10.1. The van der Waals surface area contributed by atoms with Gasteiger partial charge in [-0.15, -0.1) is 0 Å². The number of nitrogens with one attached hydrogen (secondary N) is 1. The molecule has 1 heterocycles. The van der Waals surface area contributed by atoms with Gasteiger partial charge in [0.15, 0.2) is 5.78 Å². The van der Waals surface area contributed by atoms with E-state index in [2.05, 4.69) is 41.2 Å². The second kappa shape index (κ2) is 9.15. The highest BCUT2D eigenvalue weighted by Crippen LogP contribution is 2.20. The number of carbonyl (C=O) groups is 2. The third-order valence-electron chi connectivity index (χ3n) is 4.66. The van der Waals surface area contributed by atoms with Gasteiger partial charge in [0.05, 0.1) is 11.9 Å². The number of rotatable bonds is 7. The first-order valence-corrected chi connectivity index (χ1v) is 9.63. The summed E-state index contributed by atoms with van der Waals surface area (Å²) in [5, 5.41) is 2.80. The molecular weight excluding hydrogens is 362 g/mol. The molecule has 0 aliphatic heterocycles. The van der Waals surface area contributed by atoms with Crippen molar-refractivity contribution < 1.29 is 9.59 Å². The summed E-state index contributed by atoms with van der Waals surface area (Å²) in [6.07, 6.45) is 1.73. The quantitative estimate of drug-likeness (QED) is 0.583. The minimum atomic E-state index is -0.309. The Balaban J connectivity index is 1.73. The standard InChI is InChI=1S/C24H25N3O2/c1-17(2)27(16-19-8-5-4-6-9-19)22-12-13-23(25-15-22)24(29)26-21-11-7-10-20(14-21)18(3)28/h4-15,17H,16H2,1-3H3,(H,26,29). The fourth-order valence-corrected chi connectivity index (χ4v) is 3.05. The highest BCUT2D eigenvalue weighted by atomic mass is 16.2. The Hall–Kier alpha value is -3.47. The van der Waals surface area contributed by atoms with Crippen molar-refractivity contribution in [1.29, 1.82) is 0 Å². The summed E-state index contributed by atoms with van der Waals surface area (Å²) in [5.74, 6) is -0.354. The molecule has 5 nitrogen and oxygen atoms in total. The summed E-state index contributed by atoms with van der Waals surface area (Å²) in [5.41, 5.74) is 3.62. The van der Waals surface area contributed by atoms with E-state index in [4.69, 9.17) is 0 Å². The fraction of sp³-hybridized carbons (Fsp3) is 0.208. The molecular formula is C24H25N3O2. The summed E-state index contributed by atoms with van der Waals surface area (Å²) in [4.78, 5) is 30.6. The predicted molar refractivity (Wildman–Crippen MR) is 116 cm³/mol. The van der Waals surface area contributed by atoms with Gasteiger partial charge in [0.1, 0.15) is 5.69 Å². The van der Waals surface area contributed by atoms with E-state index in [9.17, 15) is 9.59 Å². The number of benzene rings is 2. The van der Waals surface area contributed by atoms with Gasteiger partial charge < -0.3 is 10.2 Å². The van der Waals surface area contributed by atoms with E-state index in [0.29, 0.717) is 16.9 Å². The van der Waals surface area contributed by atoms with Crippen molar-refractivity contribution >= 4 is 23.1 Å². The van der Waals surface area contributed by atoms with E-state index in [1.54, 1.807) is 36.5 Å². The second-order valence-corrected chi connectivity index (χ2v) is 7.20. The van der Waals surface area contributed by atoms with Gasteiger partial charge in [-0.2, -0.15) is 0 Å². The maximum Gasteiger partial charge on any atom is 0.274 e. The predicted octanol–water partition coefficient (Wildman–Crippen LogP) is 4.95. The van der Waals surface area contributed by atoms with E-state index in [1.165, 1.54) is 12.5 Å². The van der Waals surface area contributed by atoms with E-state index in [-0.39, 0.29) is 17.7 Å². The second-order valence-electron chi connectivity index (χ2n) is 7.20. The van der Waals surface area contributed by atoms with Gasteiger partial charge in [0.2, 0.25) is 0 Å². The molecule has 0 saturated heterocycles. The molecule has 0 aliphatic rings. The van der Waals surface area contributed by atoms with Gasteiger partial charge in [-0.25, -0.2) is 4.98 Å². The third kappa shape index (κ3) is 5.29. The van der Waals surface area contributed by atoms with Crippen LogP contribution in [0.4, 0.5) is 11.4 Å². The van der Waals surface area contributed by atoms with Gasteiger partial charge in [-0.1, -0.05) is 42.5 Å². The number of Topliss-reactive ketones (excluding diaryl/α,β-unsaturated/α-hetero) is 1. The van der Waals surface area contributed by atoms with Gasteiger partial charge in [-0.3, -0.25) is 9.59 Å². The maximum atomic E-state index is 12.5. The highest BCUT2D eigenvalue weighted by Gasteiger charge is 2.14. The van der Waals surface area contributed by atoms with Crippen molar-refractivity contribution in [3.63, 3.8) is 0 Å². The Bertz CT molecular complexity index is 983. The van der Waals surface area contributed by atoms with Gasteiger partial charge >= 0.3 is 0 Å². The normalized spacial score (nSPS) is 10.6. The topological polar surface area (TPSA) is 62.3 Å². The van der Waals surface area contributed by atoms with E-state index in [1.807, 2.05) is 24.3 Å². The zero-order valence-corrected chi connectivity index (χ0v) is 16.9. The number of nitrogens with zero attached hydrogens (tertiary/aromatic N) is 2. The molecule has 0 fully saturated rings. The molecule has 0 spiro atoms. The van der Waals surface area contributed by atoms with Crippen molar-refractivity contribution in [2.24, 2.45) is 0 Å². The van der Waals surface area contributed by atoms with Gasteiger partial charge in [0.25, 0.3) is 5.91 Å². The van der Waals surface area contributed by atoms with Crippen LogP contribution in [0.15, 0.2) is 72.9 Å². The van der Waals surface area contributed by atoms with Crippen LogP contribution in [0.25, 0.3) is 0 Å². The average Bonchev–Trinajstić information content (AvgIpc) is 2.73. The summed E-state index contributed by atoms with van der Waals surface area (Å²) in [7, 11) is 0. The van der Waals surface area contributed by atoms with Crippen LogP contribution in [-0.2, 0) is 6.54 Å². The smallest absolute Gasteiger partial charge is 0.274 e. The summed E-state index contributed by atoms with van der Waals surface area (Å²) in [6, 6.07) is 21.0. The molecule has 1 N–H and O–H groups in total. The number of hydrogen-bond acceptors (Lipinski definition) is 4. The summed E-state index contributed by atoms with van der Waals surface area (Å²) >= 11 is 0. The Morgan fingerprint density at radius 3 is 2.38 bits per heavy atom. The van der Waals surface area contributed by atoms with Crippen LogP contribution in [-0.4, -0.2) is 22.7 Å². The van der Waals surface area contributed by atoms with Crippen LogP contribution in [0.1, 0.15) is 47.2 Å². The monoisotopic (exact) mass is 387 g/mol. The lowest BCUT2D eigenvalue weighted by Crippen LogP contribution is -2.30. The Kier molecular flexibility index (Phi) is 6.39. The number of aromatic nitrogens is 1. The molecule has 0 saturated carbocycles. The zero-order valence-electron chi connectivity index (χ0n) is 16.9. The SMILES string of the molecule is CC(=O)c1cccc(NC(=O)c2ccc(N(Cc3ccccc3)C(C)C)cn2)c1. The largest absolute Gasteiger partial charge is 0.364 e. The lowest BCUT2D eigenvalue weighted by Gasteiger charge is -2.29. The first kappa shape index (κ1) is 20.3. The van der Waals surface area contributed by atoms with E-state index >= 15 is 0 Å². The molecule has 0 aliphatic carbocycles. The molecule has 0 radical (unpaired) electrons. The summed E-state index contributed by atoms with van der Waals surface area (Å²) < 4.78 is 0. The third-order valence-corrected chi connectivity index (χ3v) is 4.66. The van der Waals surface area contributed by atoms with Crippen LogP contribution < -0.4 is 10.2 Å². The van der Waals surface area contributed by atoms with Gasteiger partial charge in [-0.05, 0) is 50.6 Å². The van der Waals surface area contributed by atoms with Crippen molar-refractivity contribution in [3.05, 3.63) is 89.7 Å². The molecule has 5 heteroatoms. The Morgan fingerprint density at radius 2 is 1.76 bits per heavy atom. The number of carbonyl (C=O) groups excluding carboxylic acids is 2. The number of amides is 1. The molecule has 3 rings (SSSR count). The molecule has 148 valence electrons. The molecule has 3 aromatic rings. The van der Waals surface area contributed by atoms with Crippen molar-refractivity contribution in [2.45, 2.75) is 33.4 Å². The zero-order chi connectivity index (χ0) is 20.8. The molecule has 0 bridgehead atoms. The molecule has 29 heavy (non-hydrogen) atoms. The van der Waals surface area contributed by atoms with E-state index in [0.717, 1.165) is 12.2 Å². The molecule has 1 aromatic heterocycles. The number of ketones is 1. The number of pyridine rings is 1. The van der Waals surface area contributed by atoms with Crippen LogP contribution in [0.2, 0.25) is 0 Å². The van der Waals surface area contributed by atoms with Crippen LogP contribution in [0.3, 0.4) is 0 Å². The highest BCUT2D eigenvalue weighted by molar-refractivity contribution is 6.04. The minimum Gasteiger partial charge on any atom is -0.364 e. The van der Waals surface area contributed by atoms with Crippen molar-refractivity contribution in [1.82, 2.24) is 4.98 Å². The van der Waals surface area contributed by atoms with E-state index < -0.39 is 0 Å². The lowest BCUT2D eigenvalue weighted by molar-refractivity contribution is 0.100.